The molecule has 0 aromatic heterocycles. The van der Waals surface area contributed by atoms with E-state index in [4.69, 9.17) is 16.3 Å². The highest BCUT2D eigenvalue weighted by atomic mass is 35.5. The molecule has 1 N–H and O–H groups in total. The lowest BCUT2D eigenvalue weighted by atomic mass is 10.3. The van der Waals surface area contributed by atoms with E-state index in [1.165, 1.54) is 37.4 Å². The van der Waals surface area contributed by atoms with Crippen LogP contribution >= 0.6 is 11.6 Å². The summed E-state index contributed by atoms with van der Waals surface area (Å²) in [5.74, 6) is -0.0537. The number of hydrogen-bond acceptors (Lipinski definition) is 5. The zero-order chi connectivity index (χ0) is 20.0. The highest BCUT2D eigenvalue weighted by Crippen LogP contribution is 2.27. The van der Waals surface area contributed by atoms with Crippen LogP contribution in [0.25, 0.3) is 0 Å². The first-order valence-corrected chi connectivity index (χ1v) is 9.78. The molecule has 0 unspecified atom stereocenters. The van der Waals surface area contributed by atoms with Crippen LogP contribution in [-0.2, 0) is 14.8 Å². The number of carbonyl (C=O) groups is 1. The van der Waals surface area contributed by atoms with Crippen LogP contribution in [0.5, 0.6) is 5.75 Å². The Morgan fingerprint density at radius 3 is 2.41 bits per heavy atom. The van der Waals surface area contributed by atoms with E-state index < -0.39 is 22.5 Å². The van der Waals surface area contributed by atoms with E-state index >= 15 is 0 Å². The SMILES string of the molecule is COc1ccc(S(=O)(=O)N(CC(=O)NN=C(C)C)c2cccc(Cl)c2)cc1. The third kappa shape index (κ3) is 5.45. The number of benzene rings is 2. The van der Waals surface area contributed by atoms with E-state index in [2.05, 4.69) is 10.5 Å². The first-order valence-electron chi connectivity index (χ1n) is 7.96. The predicted octanol–water partition coefficient (Wildman–Crippen LogP) is 3.06. The third-order valence-corrected chi connectivity index (χ3v) is 5.46. The van der Waals surface area contributed by atoms with E-state index in [9.17, 15) is 13.2 Å². The summed E-state index contributed by atoms with van der Waals surface area (Å²) in [6.45, 7) is 2.97. The number of methoxy groups -OCH3 is 1. The van der Waals surface area contributed by atoms with Crippen molar-refractivity contribution in [2.24, 2.45) is 5.10 Å². The fraction of sp³-hybridized carbons (Fsp3) is 0.222. The number of sulfonamides is 1. The van der Waals surface area contributed by atoms with Crippen molar-refractivity contribution in [3.8, 4) is 5.75 Å². The maximum atomic E-state index is 13.1. The molecule has 144 valence electrons. The van der Waals surface area contributed by atoms with Crippen molar-refractivity contribution < 1.29 is 17.9 Å². The van der Waals surface area contributed by atoms with Gasteiger partial charge in [-0.1, -0.05) is 17.7 Å². The van der Waals surface area contributed by atoms with Gasteiger partial charge in [-0.25, -0.2) is 13.8 Å². The second-order valence-corrected chi connectivity index (χ2v) is 8.06. The van der Waals surface area contributed by atoms with E-state index in [1.807, 2.05) is 0 Å². The summed E-state index contributed by atoms with van der Waals surface area (Å²) in [4.78, 5) is 12.2. The van der Waals surface area contributed by atoms with Gasteiger partial charge in [-0.15, -0.1) is 0 Å². The Morgan fingerprint density at radius 2 is 1.85 bits per heavy atom. The summed E-state index contributed by atoms with van der Waals surface area (Å²) in [5, 5.41) is 4.17. The fourth-order valence-electron chi connectivity index (χ4n) is 2.16. The van der Waals surface area contributed by atoms with Crippen LogP contribution in [0.4, 0.5) is 5.69 Å². The summed E-state index contributed by atoms with van der Waals surface area (Å²) < 4.78 is 32.3. The number of nitrogens with one attached hydrogen (secondary N) is 1. The molecule has 1 amide bonds. The lowest BCUT2D eigenvalue weighted by Crippen LogP contribution is -2.39. The Balaban J connectivity index is 2.43. The van der Waals surface area contributed by atoms with Crippen LogP contribution in [0.3, 0.4) is 0 Å². The van der Waals surface area contributed by atoms with Gasteiger partial charge in [-0.2, -0.15) is 5.10 Å². The molecule has 0 heterocycles. The van der Waals surface area contributed by atoms with Gasteiger partial charge in [0, 0.05) is 10.7 Å². The number of rotatable bonds is 7. The molecular weight excluding hydrogens is 390 g/mol. The molecule has 2 rings (SSSR count). The zero-order valence-corrected chi connectivity index (χ0v) is 16.7. The average Bonchev–Trinajstić information content (AvgIpc) is 2.64. The molecular formula is C18H20ClN3O4S. The normalized spacial score (nSPS) is 10.8. The Labute approximate surface area is 163 Å². The summed E-state index contributed by atoms with van der Waals surface area (Å²) in [5.41, 5.74) is 3.23. The Bertz CT molecular complexity index is 939. The van der Waals surface area contributed by atoms with Gasteiger partial charge >= 0.3 is 0 Å². The van der Waals surface area contributed by atoms with Crippen LogP contribution in [0.1, 0.15) is 13.8 Å². The van der Waals surface area contributed by atoms with Crippen molar-refractivity contribution in [2.75, 3.05) is 18.0 Å². The van der Waals surface area contributed by atoms with E-state index in [-0.39, 0.29) is 10.6 Å². The molecule has 0 radical (unpaired) electrons. The maximum absolute atomic E-state index is 13.1. The van der Waals surface area contributed by atoms with Crippen molar-refractivity contribution in [1.82, 2.24) is 5.43 Å². The molecule has 2 aromatic rings. The van der Waals surface area contributed by atoms with Gasteiger partial charge < -0.3 is 4.74 Å². The molecule has 0 spiro atoms. The average molecular weight is 410 g/mol. The molecule has 0 fully saturated rings. The number of hydrazone groups is 1. The third-order valence-electron chi connectivity index (χ3n) is 3.44. The first-order chi connectivity index (χ1) is 12.7. The minimum Gasteiger partial charge on any atom is -0.497 e. The van der Waals surface area contributed by atoms with Gasteiger partial charge in [0.25, 0.3) is 15.9 Å². The smallest absolute Gasteiger partial charge is 0.264 e. The maximum Gasteiger partial charge on any atom is 0.264 e. The molecule has 0 aliphatic rings. The van der Waals surface area contributed by atoms with Crippen molar-refractivity contribution in [3.05, 3.63) is 53.6 Å². The van der Waals surface area contributed by atoms with Crippen LogP contribution in [0.2, 0.25) is 5.02 Å². The van der Waals surface area contributed by atoms with Crippen molar-refractivity contribution >= 4 is 38.9 Å². The topological polar surface area (TPSA) is 88.1 Å². The van der Waals surface area contributed by atoms with Gasteiger partial charge in [0.1, 0.15) is 12.3 Å². The molecule has 0 atom stereocenters. The number of amides is 1. The van der Waals surface area contributed by atoms with E-state index in [0.29, 0.717) is 16.5 Å². The van der Waals surface area contributed by atoms with Crippen LogP contribution < -0.4 is 14.5 Å². The first kappa shape index (κ1) is 20.7. The second kappa shape index (κ2) is 8.88. The van der Waals surface area contributed by atoms with Gasteiger partial charge in [-0.05, 0) is 56.3 Å². The summed E-state index contributed by atoms with van der Waals surface area (Å²) in [6.07, 6.45) is 0. The van der Waals surface area contributed by atoms with Crippen LogP contribution in [0, 0.1) is 0 Å². The van der Waals surface area contributed by atoms with Crippen LogP contribution in [0.15, 0.2) is 58.5 Å². The highest BCUT2D eigenvalue weighted by Gasteiger charge is 2.27. The number of ether oxygens (including phenoxy) is 1. The van der Waals surface area contributed by atoms with Crippen molar-refractivity contribution in [1.29, 1.82) is 0 Å². The van der Waals surface area contributed by atoms with Gasteiger partial charge in [0.2, 0.25) is 0 Å². The second-order valence-electron chi connectivity index (χ2n) is 5.76. The molecule has 0 aliphatic heterocycles. The number of hydrogen-bond donors (Lipinski definition) is 1. The highest BCUT2D eigenvalue weighted by molar-refractivity contribution is 7.92. The summed E-state index contributed by atoms with van der Waals surface area (Å²) in [7, 11) is -2.53. The van der Waals surface area contributed by atoms with Crippen molar-refractivity contribution in [2.45, 2.75) is 18.7 Å². The van der Waals surface area contributed by atoms with Crippen LogP contribution in [-0.4, -0.2) is 33.7 Å². The molecule has 0 bridgehead atoms. The molecule has 0 aliphatic carbocycles. The largest absolute Gasteiger partial charge is 0.497 e. The lowest BCUT2D eigenvalue weighted by Gasteiger charge is -2.24. The minimum atomic E-state index is -4.02. The monoisotopic (exact) mass is 409 g/mol. The number of nitrogens with zero attached hydrogens (tertiary/aromatic N) is 2. The standard InChI is InChI=1S/C18H20ClN3O4S/c1-13(2)20-21-18(23)12-22(15-6-4-5-14(19)11-15)27(24,25)17-9-7-16(26-3)8-10-17/h4-11H,12H2,1-3H3,(H,21,23). The predicted molar refractivity (Wildman–Crippen MR) is 106 cm³/mol. The number of carbonyl (C=O) groups excluding carboxylic acids is 1. The van der Waals surface area contributed by atoms with E-state index in [1.54, 1.807) is 32.0 Å². The Kier molecular flexibility index (Phi) is 6.81. The molecule has 0 saturated carbocycles. The number of halogens is 1. The molecule has 0 saturated heterocycles. The summed E-state index contributed by atoms with van der Waals surface area (Å²) in [6, 6.07) is 12.2. The number of anilines is 1. The van der Waals surface area contributed by atoms with Gasteiger partial charge in [0.15, 0.2) is 0 Å². The molecule has 7 nitrogen and oxygen atoms in total. The zero-order valence-electron chi connectivity index (χ0n) is 15.1. The molecule has 2 aromatic carbocycles. The van der Waals surface area contributed by atoms with E-state index in [0.717, 1.165) is 4.31 Å². The molecule has 27 heavy (non-hydrogen) atoms. The van der Waals surface area contributed by atoms with Gasteiger partial charge in [0.05, 0.1) is 17.7 Å². The fourth-order valence-corrected chi connectivity index (χ4v) is 3.76. The molecule has 9 heteroatoms. The Hall–Kier alpha value is -2.58. The lowest BCUT2D eigenvalue weighted by molar-refractivity contribution is -0.119. The summed E-state index contributed by atoms with van der Waals surface area (Å²) >= 11 is 6.00. The Morgan fingerprint density at radius 1 is 1.19 bits per heavy atom. The van der Waals surface area contributed by atoms with Crippen molar-refractivity contribution in [3.63, 3.8) is 0 Å². The minimum absolute atomic E-state index is 0.0197. The van der Waals surface area contributed by atoms with Gasteiger partial charge in [-0.3, -0.25) is 9.10 Å². The quantitative estimate of drug-likeness (QED) is 0.562.